The summed E-state index contributed by atoms with van der Waals surface area (Å²) in [6, 6.07) is 19.3. The highest BCUT2D eigenvalue weighted by Crippen LogP contribution is 2.25. The topological polar surface area (TPSA) is 92.7 Å². The van der Waals surface area contributed by atoms with Gasteiger partial charge in [-0.15, -0.1) is 0 Å². The molecule has 3 aromatic carbocycles. The molecule has 0 unspecified atom stereocenters. The van der Waals surface area contributed by atoms with Gasteiger partial charge >= 0.3 is 5.97 Å². The van der Waals surface area contributed by atoms with Crippen LogP contribution in [0, 0.1) is 0 Å². The summed E-state index contributed by atoms with van der Waals surface area (Å²) in [4.78, 5) is 11.1. The Kier molecular flexibility index (Phi) is 6.53. The molecule has 0 aliphatic heterocycles. The number of benzene rings is 3. The van der Waals surface area contributed by atoms with E-state index in [9.17, 15) is 13.2 Å². The van der Waals surface area contributed by atoms with E-state index in [1.807, 2.05) is 0 Å². The van der Waals surface area contributed by atoms with Crippen LogP contribution in [0.5, 0.6) is 5.75 Å². The monoisotopic (exact) mass is 433 g/mol. The van der Waals surface area contributed by atoms with E-state index in [1.165, 1.54) is 24.3 Å². The van der Waals surface area contributed by atoms with E-state index in [2.05, 4.69) is 4.72 Å². The third-order valence-electron chi connectivity index (χ3n) is 4.13. The number of aromatic carboxylic acids is 1. The molecule has 29 heavy (non-hydrogen) atoms. The Bertz CT molecular complexity index is 1110. The Balaban J connectivity index is 0.00000320. The Labute approximate surface area is 175 Å². The zero-order chi connectivity index (χ0) is 20.9. The number of nitrogens with one attached hydrogen (secondary N) is 1. The van der Waals surface area contributed by atoms with Gasteiger partial charge in [-0.05, 0) is 42.0 Å². The number of carbonyl (C=O) groups is 1. The lowest BCUT2D eigenvalue weighted by Gasteiger charge is -2.13. The van der Waals surface area contributed by atoms with E-state index >= 15 is 0 Å². The molecule has 0 spiro atoms. The lowest BCUT2D eigenvalue weighted by Crippen LogP contribution is -2.23. The van der Waals surface area contributed by atoms with E-state index in [4.69, 9.17) is 21.4 Å². The van der Waals surface area contributed by atoms with Crippen molar-refractivity contribution in [2.45, 2.75) is 18.0 Å². The summed E-state index contributed by atoms with van der Waals surface area (Å²) in [7, 11) is -3.66. The molecular formula is C21H20ClNO5S. The predicted molar refractivity (Wildman–Crippen MR) is 112 cm³/mol. The van der Waals surface area contributed by atoms with Gasteiger partial charge < -0.3 is 9.84 Å². The molecule has 0 aromatic heterocycles. The van der Waals surface area contributed by atoms with Crippen LogP contribution < -0.4 is 9.46 Å². The molecule has 3 aromatic rings. The fourth-order valence-electron chi connectivity index (χ4n) is 2.57. The molecule has 0 saturated heterocycles. The average molecular weight is 434 g/mol. The van der Waals surface area contributed by atoms with Crippen LogP contribution in [0.15, 0.2) is 77.7 Å². The molecule has 0 bridgehead atoms. The fourth-order valence-corrected chi connectivity index (χ4v) is 3.76. The highest BCUT2D eigenvalue weighted by atomic mass is 35.5. The van der Waals surface area contributed by atoms with E-state index in [0.29, 0.717) is 16.3 Å². The van der Waals surface area contributed by atoms with Gasteiger partial charge in [-0.3, -0.25) is 0 Å². The summed E-state index contributed by atoms with van der Waals surface area (Å²) in [6.45, 7) is 0.209. The quantitative estimate of drug-likeness (QED) is 0.551. The Hall–Kier alpha value is -2.87. The number of hydrogen-bond donors (Lipinski definition) is 2. The third kappa shape index (κ3) is 5.57. The third-order valence-corrected chi connectivity index (χ3v) is 5.78. The zero-order valence-corrected chi connectivity index (χ0v) is 16.8. The number of hydrogen-bond acceptors (Lipinski definition) is 4. The van der Waals surface area contributed by atoms with Crippen LogP contribution in [0.3, 0.4) is 0 Å². The van der Waals surface area contributed by atoms with Crippen molar-refractivity contribution >= 4 is 27.6 Å². The molecule has 6 nitrogen and oxygen atoms in total. The van der Waals surface area contributed by atoms with Crippen molar-refractivity contribution in [1.29, 1.82) is 0 Å². The van der Waals surface area contributed by atoms with Crippen LogP contribution in [0.1, 0.15) is 22.9 Å². The second-order valence-electron chi connectivity index (χ2n) is 6.18. The van der Waals surface area contributed by atoms with Gasteiger partial charge in [0.25, 0.3) is 0 Å². The molecule has 0 saturated carbocycles. The molecule has 2 N–H and O–H groups in total. The standard InChI is InChI=1S/C21H18ClNO5S.H2/c22-18-11-10-17(13-23-29(26,27)19-4-2-1-3-5-19)20(12-18)28-14-15-6-8-16(9-7-15)21(24)25;/h1-12,23H,13-14H2,(H,24,25);1H. The number of carboxylic acids is 1. The minimum absolute atomic E-state index is 0. The minimum Gasteiger partial charge on any atom is -0.489 e. The van der Waals surface area contributed by atoms with Crippen LogP contribution in [0.25, 0.3) is 0 Å². The molecule has 0 atom stereocenters. The van der Waals surface area contributed by atoms with Crippen molar-refractivity contribution in [3.05, 3.63) is 94.5 Å². The van der Waals surface area contributed by atoms with E-state index in [-0.39, 0.29) is 25.0 Å². The van der Waals surface area contributed by atoms with E-state index < -0.39 is 16.0 Å². The number of halogens is 1. The first-order valence-corrected chi connectivity index (χ1v) is 10.5. The SMILES string of the molecule is O=C(O)c1ccc(COc2cc(Cl)ccc2CNS(=O)(=O)c2ccccc2)cc1.[HH]. The van der Waals surface area contributed by atoms with Crippen molar-refractivity contribution in [1.82, 2.24) is 4.72 Å². The second kappa shape index (κ2) is 9.09. The first kappa shape index (κ1) is 20.9. The van der Waals surface area contributed by atoms with Gasteiger partial charge in [0, 0.05) is 18.6 Å². The largest absolute Gasteiger partial charge is 0.489 e. The molecule has 152 valence electrons. The van der Waals surface area contributed by atoms with E-state index in [0.717, 1.165) is 5.56 Å². The normalized spacial score (nSPS) is 11.2. The van der Waals surface area contributed by atoms with Gasteiger partial charge in [-0.1, -0.05) is 48.0 Å². The Morgan fingerprint density at radius 2 is 1.72 bits per heavy atom. The van der Waals surface area contributed by atoms with Crippen molar-refractivity contribution in [2.24, 2.45) is 0 Å². The van der Waals surface area contributed by atoms with Crippen molar-refractivity contribution in [3.8, 4) is 5.75 Å². The number of rotatable bonds is 8. The van der Waals surface area contributed by atoms with E-state index in [1.54, 1.807) is 48.5 Å². The molecule has 0 amide bonds. The maximum Gasteiger partial charge on any atom is 0.335 e. The summed E-state index contributed by atoms with van der Waals surface area (Å²) < 4.78 is 33.2. The minimum atomic E-state index is -3.66. The fraction of sp³-hybridized carbons (Fsp3) is 0.0952. The lowest BCUT2D eigenvalue weighted by molar-refractivity contribution is 0.0697. The molecule has 0 heterocycles. The van der Waals surface area contributed by atoms with Crippen LogP contribution in [0.2, 0.25) is 5.02 Å². The molecule has 0 aliphatic rings. The van der Waals surface area contributed by atoms with Gasteiger partial charge in [0.2, 0.25) is 10.0 Å². The van der Waals surface area contributed by atoms with Gasteiger partial charge in [0.15, 0.2) is 0 Å². The maximum atomic E-state index is 12.4. The lowest BCUT2D eigenvalue weighted by atomic mass is 10.1. The van der Waals surface area contributed by atoms with Gasteiger partial charge in [0.1, 0.15) is 12.4 Å². The first-order valence-electron chi connectivity index (χ1n) is 8.63. The molecule has 0 radical (unpaired) electrons. The van der Waals surface area contributed by atoms with Crippen LogP contribution >= 0.6 is 11.6 Å². The van der Waals surface area contributed by atoms with Crippen molar-refractivity contribution in [3.63, 3.8) is 0 Å². The van der Waals surface area contributed by atoms with Crippen molar-refractivity contribution in [2.75, 3.05) is 0 Å². The first-order chi connectivity index (χ1) is 13.8. The Morgan fingerprint density at radius 1 is 1.03 bits per heavy atom. The van der Waals surface area contributed by atoms with Gasteiger partial charge in [0.05, 0.1) is 10.5 Å². The number of sulfonamides is 1. The molecule has 0 fully saturated rings. The molecule has 0 aliphatic carbocycles. The van der Waals surface area contributed by atoms with Crippen LogP contribution in [0.4, 0.5) is 0 Å². The second-order valence-corrected chi connectivity index (χ2v) is 8.38. The summed E-state index contributed by atoms with van der Waals surface area (Å²) in [5, 5.41) is 9.41. The summed E-state index contributed by atoms with van der Waals surface area (Å²) >= 11 is 6.06. The average Bonchev–Trinajstić information content (AvgIpc) is 2.72. The highest BCUT2D eigenvalue weighted by molar-refractivity contribution is 7.89. The van der Waals surface area contributed by atoms with Crippen LogP contribution in [-0.4, -0.2) is 19.5 Å². The van der Waals surface area contributed by atoms with Crippen molar-refractivity contribution < 1.29 is 24.5 Å². The molecule has 8 heteroatoms. The highest BCUT2D eigenvalue weighted by Gasteiger charge is 2.15. The van der Waals surface area contributed by atoms with Crippen LogP contribution in [-0.2, 0) is 23.2 Å². The summed E-state index contributed by atoms with van der Waals surface area (Å²) in [5.74, 6) is -0.559. The van der Waals surface area contributed by atoms with Gasteiger partial charge in [-0.2, -0.15) is 0 Å². The summed E-state index contributed by atoms with van der Waals surface area (Å²) in [6.07, 6.45) is 0. The zero-order valence-electron chi connectivity index (χ0n) is 15.2. The van der Waals surface area contributed by atoms with Gasteiger partial charge in [-0.25, -0.2) is 17.9 Å². The number of carboxylic acid groups (broad SMARTS) is 1. The summed E-state index contributed by atoms with van der Waals surface area (Å²) in [5.41, 5.74) is 1.58. The predicted octanol–water partition coefficient (Wildman–Crippen LogP) is 4.34. The molecule has 3 rings (SSSR count). The Morgan fingerprint density at radius 3 is 2.38 bits per heavy atom. The maximum absolute atomic E-state index is 12.4. The molecular weight excluding hydrogens is 414 g/mol. The smallest absolute Gasteiger partial charge is 0.335 e. The number of ether oxygens (including phenoxy) is 1.